The van der Waals surface area contributed by atoms with Crippen molar-refractivity contribution >= 4 is 45.9 Å². The molecule has 1 rings (SSSR count). The summed E-state index contributed by atoms with van der Waals surface area (Å²) < 4.78 is 0. The normalized spacial score (nSPS) is 15.8. The fourth-order valence-electron chi connectivity index (χ4n) is 0.565. The van der Waals surface area contributed by atoms with Gasteiger partial charge in [-0.1, -0.05) is 0 Å². The van der Waals surface area contributed by atoms with Crippen molar-refractivity contribution < 1.29 is 4.79 Å². The molecule has 0 aromatic carbocycles. The maximum atomic E-state index is 10.1. The van der Waals surface area contributed by atoms with Crippen molar-refractivity contribution in [1.82, 2.24) is 5.32 Å². The average molecular weight is 192 g/mol. The summed E-state index contributed by atoms with van der Waals surface area (Å²) in [5.74, 6) is 0.204. The Morgan fingerprint density at radius 2 is 2.12 bits per heavy atom. The van der Waals surface area contributed by atoms with Crippen molar-refractivity contribution in [3.63, 3.8) is 0 Å². The van der Waals surface area contributed by atoms with Crippen LogP contribution in [-0.4, -0.2) is 35.5 Å². The molecular formula is C4H10BrMgNO. The molecule has 0 aromatic heterocycles. The van der Waals surface area contributed by atoms with Crippen LogP contribution in [0.3, 0.4) is 0 Å². The van der Waals surface area contributed by atoms with Gasteiger partial charge in [-0.2, -0.15) is 0 Å². The smallest absolute Gasteiger partial charge is 0.316 e. The van der Waals surface area contributed by atoms with Gasteiger partial charge in [-0.05, 0) is 6.42 Å². The van der Waals surface area contributed by atoms with Crippen LogP contribution >= 0.6 is 17.0 Å². The highest BCUT2D eigenvalue weighted by atomic mass is 79.9. The third-order valence-corrected chi connectivity index (χ3v) is 0.903. The first-order valence-electron chi connectivity index (χ1n) is 2.16. The number of hydrogen-bond acceptors (Lipinski definition) is 1. The quantitative estimate of drug-likeness (QED) is 0.518. The number of hydrogen-bond donors (Lipinski definition) is 1. The zero-order valence-corrected chi connectivity index (χ0v) is 5.65. The van der Waals surface area contributed by atoms with E-state index in [9.17, 15) is 4.79 Å². The zero-order chi connectivity index (χ0) is 4.41. The molecule has 0 spiro atoms. The van der Waals surface area contributed by atoms with Gasteiger partial charge >= 0.3 is 23.1 Å². The molecule has 1 saturated heterocycles. The highest BCUT2D eigenvalue weighted by molar-refractivity contribution is 8.93. The minimum atomic E-state index is 0. The molecule has 0 saturated carbocycles. The Hall–Kier alpha value is 0.716. The van der Waals surface area contributed by atoms with Crippen LogP contribution in [0.2, 0.25) is 0 Å². The van der Waals surface area contributed by atoms with Gasteiger partial charge in [-0.15, -0.1) is 17.0 Å². The molecule has 2 nitrogen and oxygen atoms in total. The second-order valence-corrected chi connectivity index (χ2v) is 1.45. The minimum Gasteiger partial charge on any atom is -0.356 e. The van der Waals surface area contributed by atoms with Crippen molar-refractivity contribution in [3.8, 4) is 0 Å². The van der Waals surface area contributed by atoms with Crippen LogP contribution in [-0.2, 0) is 4.79 Å². The molecule has 0 atom stereocenters. The standard InChI is InChI=1S/C4H7NO.BrH.Mg.2H/c6-4-2-1-3-5-4;;;;/h1-3H2,(H,5,6);1H;;;. The number of carbonyl (C=O) groups excluding carboxylic acids is 1. The lowest BCUT2D eigenvalue weighted by atomic mass is 10.4. The van der Waals surface area contributed by atoms with Crippen LogP contribution in [0, 0.1) is 0 Å². The molecule has 46 valence electrons. The van der Waals surface area contributed by atoms with Gasteiger partial charge in [0.05, 0.1) is 0 Å². The number of halogens is 1. The van der Waals surface area contributed by atoms with E-state index in [-0.39, 0.29) is 45.9 Å². The van der Waals surface area contributed by atoms with Gasteiger partial charge in [0.2, 0.25) is 5.91 Å². The lowest BCUT2D eigenvalue weighted by Crippen LogP contribution is -2.12. The van der Waals surface area contributed by atoms with E-state index < -0.39 is 0 Å². The molecule has 1 N–H and O–H groups in total. The van der Waals surface area contributed by atoms with E-state index in [1.807, 2.05) is 0 Å². The Labute approximate surface area is 75.3 Å². The van der Waals surface area contributed by atoms with Gasteiger partial charge in [-0.25, -0.2) is 0 Å². The van der Waals surface area contributed by atoms with E-state index in [1.165, 1.54) is 0 Å². The van der Waals surface area contributed by atoms with E-state index in [4.69, 9.17) is 0 Å². The first-order chi connectivity index (χ1) is 2.89. The van der Waals surface area contributed by atoms with E-state index in [1.54, 1.807) is 0 Å². The van der Waals surface area contributed by atoms with Gasteiger partial charge in [-0.3, -0.25) is 4.79 Å². The molecule has 0 aromatic rings. The second-order valence-electron chi connectivity index (χ2n) is 1.45. The Kier molecular flexibility index (Phi) is 8.41. The molecule has 0 unspecified atom stereocenters. The molecule has 8 heavy (non-hydrogen) atoms. The average Bonchev–Trinajstić information content (AvgIpc) is 1.86. The van der Waals surface area contributed by atoms with E-state index in [0.717, 1.165) is 19.4 Å². The number of amides is 1. The lowest BCUT2D eigenvalue weighted by Gasteiger charge is -1.80. The first-order valence-corrected chi connectivity index (χ1v) is 2.16. The van der Waals surface area contributed by atoms with Crippen molar-refractivity contribution in [2.45, 2.75) is 12.8 Å². The fourth-order valence-corrected chi connectivity index (χ4v) is 0.565. The van der Waals surface area contributed by atoms with Crippen molar-refractivity contribution in [1.29, 1.82) is 0 Å². The summed E-state index contributed by atoms with van der Waals surface area (Å²) in [7, 11) is 0. The molecule has 1 amide bonds. The molecule has 1 fully saturated rings. The fraction of sp³-hybridized carbons (Fsp3) is 0.750. The summed E-state index contributed by atoms with van der Waals surface area (Å²) in [5, 5.41) is 2.68. The molecule has 1 aliphatic rings. The van der Waals surface area contributed by atoms with Crippen molar-refractivity contribution in [2.24, 2.45) is 0 Å². The molecule has 1 heterocycles. The summed E-state index contributed by atoms with van der Waals surface area (Å²) >= 11 is 0. The molecular weight excluding hydrogens is 182 g/mol. The van der Waals surface area contributed by atoms with Gasteiger partial charge in [0.25, 0.3) is 0 Å². The summed E-state index contributed by atoms with van der Waals surface area (Å²) in [6.45, 7) is 0.888. The van der Waals surface area contributed by atoms with Crippen LogP contribution in [0.1, 0.15) is 12.8 Å². The third-order valence-electron chi connectivity index (χ3n) is 0.903. The molecule has 1 aliphatic heterocycles. The topological polar surface area (TPSA) is 29.1 Å². The monoisotopic (exact) mass is 191 g/mol. The maximum Gasteiger partial charge on any atom is 0.316 e. The van der Waals surface area contributed by atoms with Gasteiger partial charge in [0.15, 0.2) is 0 Å². The van der Waals surface area contributed by atoms with Crippen LogP contribution in [0.25, 0.3) is 0 Å². The van der Waals surface area contributed by atoms with Crippen LogP contribution in [0.5, 0.6) is 0 Å². The SMILES string of the molecule is Br.O=C1CCCN1.[MgH2]. The number of rotatable bonds is 0. The Bertz CT molecular complexity index is 70.4. The van der Waals surface area contributed by atoms with E-state index in [0.29, 0.717) is 0 Å². The van der Waals surface area contributed by atoms with Crippen LogP contribution in [0.15, 0.2) is 0 Å². The summed E-state index contributed by atoms with van der Waals surface area (Å²) in [6.07, 6.45) is 1.76. The number of nitrogens with one attached hydrogen (secondary N) is 1. The molecule has 4 heteroatoms. The Morgan fingerprint density at radius 1 is 1.50 bits per heavy atom. The Balaban J connectivity index is 0. The highest BCUT2D eigenvalue weighted by Crippen LogP contribution is 1.93. The predicted molar refractivity (Wildman–Crippen MR) is 41.1 cm³/mol. The largest absolute Gasteiger partial charge is 0.356 e. The summed E-state index contributed by atoms with van der Waals surface area (Å²) in [6, 6.07) is 0. The minimum absolute atomic E-state index is 0. The van der Waals surface area contributed by atoms with Gasteiger partial charge in [0, 0.05) is 13.0 Å². The number of carbonyl (C=O) groups is 1. The molecule has 0 radical (unpaired) electrons. The first kappa shape index (κ1) is 11.5. The maximum absolute atomic E-state index is 10.1. The summed E-state index contributed by atoms with van der Waals surface area (Å²) in [4.78, 5) is 10.1. The molecule has 0 bridgehead atoms. The lowest BCUT2D eigenvalue weighted by molar-refractivity contribution is -0.119. The predicted octanol–water partition coefficient (Wildman–Crippen LogP) is -0.442. The second kappa shape index (κ2) is 5.85. The van der Waals surface area contributed by atoms with Gasteiger partial charge < -0.3 is 5.32 Å². The van der Waals surface area contributed by atoms with E-state index >= 15 is 0 Å². The molecule has 0 aliphatic carbocycles. The van der Waals surface area contributed by atoms with E-state index in [2.05, 4.69) is 5.32 Å². The van der Waals surface area contributed by atoms with Crippen molar-refractivity contribution in [2.75, 3.05) is 6.54 Å². The summed E-state index contributed by atoms with van der Waals surface area (Å²) in [5.41, 5.74) is 0. The van der Waals surface area contributed by atoms with Crippen molar-refractivity contribution in [3.05, 3.63) is 0 Å². The Morgan fingerprint density at radius 3 is 2.25 bits per heavy atom. The van der Waals surface area contributed by atoms with Crippen LogP contribution < -0.4 is 5.32 Å². The third kappa shape index (κ3) is 3.69. The van der Waals surface area contributed by atoms with Crippen LogP contribution in [0.4, 0.5) is 0 Å². The highest BCUT2D eigenvalue weighted by Gasteiger charge is 2.05. The van der Waals surface area contributed by atoms with Gasteiger partial charge in [0.1, 0.15) is 0 Å². The zero-order valence-electron chi connectivity index (χ0n) is 3.94.